The van der Waals surface area contributed by atoms with E-state index >= 15 is 0 Å². The van der Waals surface area contributed by atoms with Crippen LogP contribution in [-0.4, -0.2) is 36.9 Å². The van der Waals surface area contributed by atoms with Crippen LogP contribution in [0.2, 0.25) is 0 Å². The molecule has 0 aliphatic rings. The van der Waals surface area contributed by atoms with Crippen LogP contribution in [0.15, 0.2) is 66.7 Å². The molecule has 156 valence electrons. The van der Waals surface area contributed by atoms with Crippen LogP contribution >= 0.6 is 0 Å². The van der Waals surface area contributed by atoms with E-state index in [1.807, 2.05) is 73.7 Å². The van der Waals surface area contributed by atoms with Gasteiger partial charge in [-0.2, -0.15) is 0 Å². The SMILES string of the molecule is CCOC(=O)[C@H](Cc1ccc(OCC=Cc2ccc3ccccc3n2)cc1)OCC. The number of rotatable bonds is 10. The Morgan fingerprint density at radius 3 is 2.57 bits per heavy atom. The van der Waals surface area contributed by atoms with Gasteiger partial charge in [0.15, 0.2) is 6.10 Å². The Bertz CT molecular complexity index is 982. The number of benzene rings is 2. The van der Waals surface area contributed by atoms with Crippen LogP contribution < -0.4 is 4.74 Å². The van der Waals surface area contributed by atoms with E-state index in [0.717, 1.165) is 27.9 Å². The predicted octanol–water partition coefficient (Wildman–Crippen LogP) is 4.84. The zero-order valence-electron chi connectivity index (χ0n) is 17.4. The van der Waals surface area contributed by atoms with Crippen molar-refractivity contribution in [3.05, 3.63) is 78.0 Å². The maximum absolute atomic E-state index is 12.0. The largest absolute Gasteiger partial charge is 0.490 e. The standard InChI is InChI=1S/C25H27NO4/c1-3-28-24(25(27)29-4-2)18-19-11-15-22(16-12-19)30-17-7-9-21-14-13-20-8-5-6-10-23(20)26-21/h5-16,24H,3-4,17-18H2,1-2H3/t24-/m0/s1. The summed E-state index contributed by atoms with van der Waals surface area (Å²) >= 11 is 0. The molecule has 0 saturated heterocycles. The third-order valence-electron chi connectivity index (χ3n) is 4.52. The van der Waals surface area contributed by atoms with Crippen molar-refractivity contribution in [1.82, 2.24) is 4.98 Å². The lowest BCUT2D eigenvalue weighted by Crippen LogP contribution is -2.28. The van der Waals surface area contributed by atoms with E-state index in [1.54, 1.807) is 6.92 Å². The van der Waals surface area contributed by atoms with E-state index < -0.39 is 6.10 Å². The van der Waals surface area contributed by atoms with E-state index in [0.29, 0.717) is 26.2 Å². The van der Waals surface area contributed by atoms with Crippen LogP contribution in [0.1, 0.15) is 25.1 Å². The van der Waals surface area contributed by atoms with Crippen LogP contribution in [0.3, 0.4) is 0 Å². The summed E-state index contributed by atoms with van der Waals surface area (Å²) in [6.07, 6.45) is 3.78. The molecule has 0 saturated carbocycles. The molecule has 0 spiro atoms. The van der Waals surface area contributed by atoms with Gasteiger partial charge in [-0.15, -0.1) is 0 Å². The van der Waals surface area contributed by atoms with Gasteiger partial charge in [0.25, 0.3) is 0 Å². The van der Waals surface area contributed by atoms with Gasteiger partial charge in [0.2, 0.25) is 0 Å². The highest BCUT2D eigenvalue weighted by molar-refractivity contribution is 5.79. The summed E-state index contributed by atoms with van der Waals surface area (Å²) in [4.78, 5) is 16.6. The predicted molar refractivity (Wildman–Crippen MR) is 118 cm³/mol. The molecule has 0 aliphatic heterocycles. The van der Waals surface area contributed by atoms with Gasteiger partial charge in [0.05, 0.1) is 17.8 Å². The number of esters is 1. The van der Waals surface area contributed by atoms with E-state index in [9.17, 15) is 4.79 Å². The molecular formula is C25H27NO4. The summed E-state index contributed by atoms with van der Waals surface area (Å²) < 4.78 is 16.4. The van der Waals surface area contributed by atoms with Crippen LogP contribution in [0.25, 0.3) is 17.0 Å². The molecule has 1 aromatic heterocycles. The highest BCUT2D eigenvalue weighted by atomic mass is 16.6. The van der Waals surface area contributed by atoms with E-state index in [-0.39, 0.29) is 5.97 Å². The third-order valence-corrected chi connectivity index (χ3v) is 4.52. The van der Waals surface area contributed by atoms with Gasteiger partial charge in [-0.05, 0) is 55.8 Å². The van der Waals surface area contributed by atoms with Crippen molar-refractivity contribution < 1.29 is 19.0 Å². The lowest BCUT2D eigenvalue weighted by atomic mass is 10.1. The number of hydrogen-bond donors (Lipinski definition) is 0. The van der Waals surface area contributed by atoms with Crippen molar-refractivity contribution in [2.24, 2.45) is 0 Å². The number of hydrogen-bond acceptors (Lipinski definition) is 5. The first-order valence-electron chi connectivity index (χ1n) is 10.2. The zero-order chi connectivity index (χ0) is 21.2. The third kappa shape index (κ3) is 6.16. The minimum atomic E-state index is -0.584. The highest BCUT2D eigenvalue weighted by Crippen LogP contribution is 2.16. The first-order valence-corrected chi connectivity index (χ1v) is 10.2. The molecule has 0 amide bonds. The molecule has 5 nitrogen and oxygen atoms in total. The Labute approximate surface area is 177 Å². The summed E-state index contributed by atoms with van der Waals surface area (Å²) in [6, 6.07) is 19.8. The fourth-order valence-electron chi connectivity index (χ4n) is 3.07. The van der Waals surface area contributed by atoms with Crippen molar-refractivity contribution in [3.8, 4) is 5.75 Å². The summed E-state index contributed by atoms with van der Waals surface area (Å²) in [5, 5.41) is 1.13. The van der Waals surface area contributed by atoms with E-state index in [4.69, 9.17) is 14.2 Å². The van der Waals surface area contributed by atoms with Gasteiger partial charge in [-0.25, -0.2) is 9.78 Å². The van der Waals surface area contributed by atoms with Gasteiger partial charge >= 0.3 is 5.97 Å². The second kappa shape index (κ2) is 11.1. The topological polar surface area (TPSA) is 57.7 Å². The van der Waals surface area contributed by atoms with Crippen LogP contribution in [-0.2, 0) is 20.7 Å². The Morgan fingerprint density at radius 1 is 1.00 bits per heavy atom. The molecule has 1 atom stereocenters. The molecule has 3 aromatic rings. The highest BCUT2D eigenvalue weighted by Gasteiger charge is 2.20. The van der Waals surface area contributed by atoms with Gasteiger partial charge in [0, 0.05) is 18.4 Å². The molecule has 0 N–H and O–H groups in total. The Hall–Kier alpha value is -3.18. The molecule has 0 bridgehead atoms. The smallest absolute Gasteiger partial charge is 0.335 e. The summed E-state index contributed by atoms with van der Waals surface area (Å²) in [5.74, 6) is 0.436. The number of fused-ring (bicyclic) bond motifs is 1. The molecular weight excluding hydrogens is 378 g/mol. The van der Waals surface area contributed by atoms with Gasteiger partial charge in [-0.1, -0.05) is 36.4 Å². The number of carbonyl (C=O) groups excluding carboxylic acids is 1. The molecule has 1 heterocycles. The fraction of sp³-hybridized carbons (Fsp3) is 0.280. The maximum Gasteiger partial charge on any atom is 0.335 e. The second-order valence-corrected chi connectivity index (χ2v) is 6.69. The van der Waals surface area contributed by atoms with Crippen LogP contribution in [0.4, 0.5) is 0 Å². The minimum Gasteiger partial charge on any atom is -0.490 e. The quantitative estimate of drug-likeness (QED) is 0.452. The number of para-hydroxylation sites is 1. The molecule has 0 aliphatic carbocycles. The normalized spacial score (nSPS) is 12.2. The Kier molecular flexibility index (Phi) is 7.98. The fourth-order valence-corrected chi connectivity index (χ4v) is 3.07. The molecule has 30 heavy (non-hydrogen) atoms. The number of ether oxygens (including phenoxy) is 3. The lowest BCUT2D eigenvalue weighted by Gasteiger charge is -2.15. The van der Waals surface area contributed by atoms with Gasteiger partial charge in [-0.3, -0.25) is 0 Å². The zero-order valence-corrected chi connectivity index (χ0v) is 17.4. The Morgan fingerprint density at radius 2 is 1.80 bits per heavy atom. The minimum absolute atomic E-state index is 0.327. The maximum atomic E-state index is 12.0. The van der Waals surface area contributed by atoms with Crippen molar-refractivity contribution in [1.29, 1.82) is 0 Å². The molecule has 0 fully saturated rings. The van der Waals surface area contributed by atoms with Gasteiger partial charge < -0.3 is 14.2 Å². The first kappa shape index (κ1) is 21.5. The van der Waals surface area contributed by atoms with Crippen molar-refractivity contribution in [2.45, 2.75) is 26.4 Å². The molecule has 5 heteroatoms. The van der Waals surface area contributed by atoms with Gasteiger partial charge in [0.1, 0.15) is 12.4 Å². The first-order chi connectivity index (χ1) is 14.7. The Balaban J connectivity index is 1.52. The molecule has 2 aromatic carbocycles. The summed E-state index contributed by atoms with van der Waals surface area (Å²) in [7, 11) is 0. The second-order valence-electron chi connectivity index (χ2n) is 6.69. The summed E-state index contributed by atoms with van der Waals surface area (Å²) in [6.45, 7) is 4.90. The van der Waals surface area contributed by atoms with E-state index in [1.165, 1.54) is 0 Å². The number of carbonyl (C=O) groups is 1. The van der Waals surface area contributed by atoms with Crippen LogP contribution in [0.5, 0.6) is 5.75 Å². The molecule has 0 radical (unpaired) electrons. The number of pyridine rings is 1. The summed E-state index contributed by atoms with van der Waals surface area (Å²) in [5.41, 5.74) is 2.86. The van der Waals surface area contributed by atoms with E-state index in [2.05, 4.69) is 11.1 Å². The monoisotopic (exact) mass is 405 g/mol. The van der Waals surface area contributed by atoms with Crippen molar-refractivity contribution in [2.75, 3.05) is 19.8 Å². The number of nitrogens with zero attached hydrogens (tertiary/aromatic N) is 1. The average molecular weight is 405 g/mol. The molecule has 0 unspecified atom stereocenters. The number of aromatic nitrogens is 1. The van der Waals surface area contributed by atoms with Crippen molar-refractivity contribution in [3.63, 3.8) is 0 Å². The molecule has 3 rings (SSSR count). The average Bonchev–Trinajstić information content (AvgIpc) is 2.77. The van der Waals surface area contributed by atoms with Crippen LogP contribution in [0, 0.1) is 0 Å². The van der Waals surface area contributed by atoms with Crippen molar-refractivity contribution >= 4 is 22.9 Å². The lowest BCUT2D eigenvalue weighted by molar-refractivity contribution is -0.156.